The van der Waals surface area contributed by atoms with Gasteiger partial charge in [0, 0.05) is 36.1 Å². The Labute approximate surface area is 153 Å². The number of hydrogen-bond donors (Lipinski definition) is 2. The fraction of sp³-hybridized carbons (Fsp3) is 0.0526. The van der Waals surface area contributed by atoms with E-state index in [1.807, 2.05) is 48.1 Å². The van der Waals surface area contributed by atoms with Crippen molar-refractivity contribution in [3.05, 3.63) is 66.2 Å². The summed E-state index contributed by atoms with van der Waals surface area (Å²) < 4.78 is 1.08. The molecule has 0 bridgehead atoms. The molecule has 26 heavy (non-hydrogen) atoms. The Kier molecular flexibility index (Phi) is 3.57. The molecule has 5 aromatic heterocycles. The third kappa shape index (κ3) is 2.58. The van der Waals surface area contributed by atoms with Crippen LogP contribution in [0.25, 0.3) is 32.5 Å². The number of thiophene rings is 1. The molecule has 126 valence electrons. The number of pyridine rings is 2. The second-order valence-corrected chi connectivity index (χ2v) is 6.78. The van der Waals surface area contributed by atoms with Gasteiger partial charge in [0.25, 0.3) is 0 Å². The highest BCUT2D eigenvalue weighted by molar-refractivity contribution is 7.17. The Hall–Kier alpha value is -3.32. The van der Waals surface area contributed by atoms with Gasteiger partial charge in [0.1, 0.15) is 17.8 Å². The van der Waals surface area contributed by atoms with Gasteiger partial charge in [-0.15, -0.1) is 11.3 Å². The van der Waals surface area contributed by atoms with Crippen molar-refractivity contribution < 1.29 is 0 Å². The molecular formula is C19H14N6S. The minimum Gasteiger partial charge on any atom is -0.366 e. The Morgan fingerprint density at radius 2 is 2.15 bits per heavy atom. The second-order valence-electron chi connectivity index (χ2n) is 5.87. The van der Waals surface area contributed by atoms with Crippen molar-refractivity contribution in [2.75, 3.05) is 5.32 Å². The van der Waals surface area contributed by atoms with E-state index in [9.17, 15) is 0 Å². The molecule has 0 saturated carbocycles. The van der Waals surface area contributed by atoms with E-state index < -0.39 is 0 Å². The predicted molar refractivity (Wildman–Crippen MR) is 104 cm³/mol. The molecule has 0 radical (unpaired) electrons. The molecule has 0 atom stereocenters. The summed E-state index contributed by atoms with van der Waals surface area (Å²) in [7, 11) is 0. The number of rotatable bonds is 4. The maximum atomic E-state index is 4.68. The van der Waals surface area contributed by atoms with Crippen molar-refractivity contribution in [3.63, 3.8) is 0 Å². The summed E-state index contributed by atoms with van der Waals surface area (Å²) in [4.78, 5) is 20.9. The number of nitrogens with zero attached hydrogens (tertiary/aromatic N) is 4. The van der Waals surface area contributed by atoms with Gasteiger partial charge in [-0.1, -0.05) is 6.07 Å². The van der Waals surface area contributed by atoms with Gasteiger partial charge in [0.05, 0.1) is 15.9 Å². The van der Waals surface area contributed by atoms with Crippen LogP contribution in [0.4, 0.5) is 5.82 Å². The van der Waals surface area contributed by atoms with Gasteiger partial charge < -0.3 is 10.3 Å². The number of anilines is 1. The summed E-state index contributed by atoms with van der Waals surface area (Å²) in [6.07, 6.45) is 7.14. The van der Waals surface area contributed by atoms with E-state index in [2.05, 4.69) is 30.2 Å². The standard InChI is InChI=1S/C19H14N6S/c1-2-12(9-20-5-1)10-22-16-8-14(13-3-6-21-19(13)25-16)17-18-15(4-7-26-18)23-11-24-17/h1-9,11H,10H2,(H2,21,22,25). The molecule has 0 aliphatic rings. The number of fused-ring (bicyclic) bond motifs is 2. The Morgan fingerprint density at radius 1 is 1.15 bits per heavy atom. The van der Waals surface area contributed by atoms with Crippen molar-refractivity contribution in [2.24, 2.45) is 0 Å². The number of aromatic amines is 1. The summed E-state index contributed by atoms with van der Waals surface area (Å²) in [6.45, 7) is 0.657. The Bertz CT molecular complexity index is 1190. The van der Waals surface area contributed by atoms with E-state index in [1.165, 1.54) is 0 Å². The first-order valence-corrected chi connectivity index (χ1v) is 9.06. The van der Waals surface area contributed by atoms with Crippen molar-refractivity contribution >= 4 is 38.4 Å². The lowest BCUT2D eigenvalue weighted by atomic mass is 10.1. The smallest absolute Gasteiger partial charge is 0.140 e. The van der Waals surface area contributed by atoms with Crippen molar-refractivity contribution in [1.82, 2.24) is 24.9 Å². The first-order valence-electron chi connectivity index (χ1n) is 8.18. The average Bonchev–Trinajstić information content (AvgIpc) is 3.35. The van der Waals surface area contributed by atoms with E-state index in [4.69, 9.17) is 0 Å². The summed E-state index contributed by atoms with van der Waals surface area (Å²) >= 11 is 1.65. The maximum absolute atomic E-state index is 4.68. The number of aromatic nitrogens is 5. The number of nitrogens with one attached hydrogen (secondary N) is 2. The SMILES string of the molecule is c1cncc(CNc2cc(-c3ncnc4ccsc34)c3cc[nH]c3n2)c1. The minimum absolute atomic E-state index is 0.657. The van der Waals surface area contributed by atoms with Gasteiger partial charge >= 0.3 is 0 Å². The van der Waals surface area contributed by atoms with Gasteiger partial charge in [0.15, 0.2) is 0 Å². The molecule has 0 unspecified atom stereocenters. The lowest BCUT2D eigenvalue weighted by Crippen LogP contribution is -2.02. The van der Waals surface area contributed by atoms with Crippen LogP contribution in [0.15, 0.2) is 60.6 Å². The van der Waals surface area contributed by atoms with Crippen LogP contribution in [-0.4, -0.2) is 24.9 Å². The average molecular weight is 358 g/mol. The molecule has 0 aliphatic carbocycles. The monoisotopic (exact) mass is 358 g/mol. The van der Waals surface area contributed by atoms with Crippen molar-refractivity contribution in [3.8, 4) is 11.3 Å². The third-order valence-corrected chi connectivity index (χ3v) is 5.13. The lowest BCUT2D eigenvalue weighted by molar-refractivity contribution is 1.09. The highest BCUT2D eigenvalue weighted by Gasteiger charge is 2.14. The fourth-order valence-electron chi connectivity index (χ4n) is 3.00. The third-order valence-electron chi connectivity index (χ3n) is 4.22. The summed E-state index contributed by atoms with van der Waals surface area (Å²) in [5.74, 6) is 0.794. The van der Waals surface area contributed by atoms with E-state index in [0.717, 1.165) is 43.9 Å². The van der Waals surface area contributed by atoms with Crippen LogP contribution in [0.2, 0.25) is 0 Å². The molecule has 7 heteroatoms. The minimum atomic E-state index is 0.657. The van der Waals surface area contributed by atoms with E-state index >= 15 is 0 Å². The molecule has 5 aromatic rings. The molecular weight excluding hydrogens is 344 g/mol. The zero-order valence-electron chi connectivity index (χ0n) is 13.7. The molecule has 5 rings (SSSR count). The second kappa shape index (κ2) is 6.20. The molecule has 5 heterocycles. The number of hydrogen-bond acceptors (Lipinski definition) is 6. The zero-order valence-corrected chi connectivity index (χ0v) is 14.5. The molecule has 6 nitrogen and oxygen atoms in total. The summed E-state index contributed by atoms with van der Waals surface area (Å²) in [5.41, 5.74) is 4.87. The highest BCUT2D eigenvalue weighted by atomic mass is 32.1. The van der Waals surface area contributed by atoms with Gasteiger partial charge in [-0.2, -0.15) is 0 Å². The van der Waals surface area contributed by atoms with E-state index in [-0.39, 0.29) is 0 Å². The maximum Gasteiger partial charge on any atom is 0.140 e. The molecule has 2 N–H and O–H groups in total. The van der Waals surface area contributed by atoms with Crippen molar-refractivity contribution in [2.45, 2.75) is 6.54 Å². The largest absolute Gasteiger partial charge is 0.366 e. The Balaban J connectivity index is 1.61. The first-order chi connectivity index (χ1) is 12.9. The van der Waals surface area contributed by atoms with Crippen LogP contribution in [0.1, 0.15) is 5.56 Å². The molecule has 0 fully saturated rings. The zero-order chi connectivity index (χ0) is 17.3. The highest BCUT2D eigenvalue weighted by Crippen LogP contribution is 2.34. The van der Waals surface area contributed by atoms with E-state index in [0.29, 0.717) is 6.54 Å². The summed E-state index contributed by atoms with van der Waals surface area (Å²) in [5, 5.41) is 6.47. The molecule has 0 saturated heterocycles. The van der Waals surface area contributed by atoms with Gasteiger partial charge in [-0.25, -0.2) is 15.0 Å². The van der Waals surface area contributed by atoms with Crippen LogP contribution in [0, 0.1) is 0 Å². The van der Waals surface area contributed by atoms with Gasteiger partial charge in [0.2, 0.25) is 0 Å². The van der Waals surface area contributed by atoms with Gasteiger partial charge in [-0.05, 0) is 35.2 Å². The normalized spacial score (nSPS) is 11.2. The molecule has 0 aromatic carbocycles. The molecule has 0 spiro atoms. The van der Waals surface area contributed by atoms with Crippen molar-refractivity contribution in [1.29, 1.82) is 0 Å². The quantitative estimate of drug-likeness (QED) is 0.502. The van der Waals surface area contributed by atoms with Crippen LogP contribution in [0.5, 0.6) is 0 Å². The van der Waals surface area contributed by atoms with Crippen LogP contribution in [-0.2, 0) is 6.54 Å². The molecule has 0 aliphatic heterocycles. The summed E-state index contributed by atoms with van der Waals surface area (Å²) in [6, 6.07) is 10.1. The van der Waals surface area contributed by atoms with Crippen LogP contribution in [0.3, 0.4) is 0 Å². The topological polar surface area (TPSA) is 79.4 Å². The molecule has 0 amide bonds. The fourth-order valence-corrected chi connectivity index (χ4v) is 3.85. The first kappa shape index (κ1) is 15.0. The van der Waals surface area contributed by atoms with Crippen LogP contribution >= 0.6 is 11.3 Å². The Morgan fingerprint density at radius 3 is 3.08 bits per heavy atom. The van der Waals surface area contributed by atoms with E-state index in [1.54, 1.807) is 23.9 Å². The lowest BCUT2D eigenvalue weighted by Gasteiger charge is -2.09. The van der Waals surface area contributed by atoms with Gasteiger partial charge in [-0.3, -0.25) is 4.98 Å². The predicted octanol–water partition coefficient (Wildman–Crippen LogP) is 4.24. The van der Waals surface area contributed by atoms with Crippen LogP contribution < -0.4 is 5.32 Å². The number of H-pyrrole nitrogens is 1.